The molecule has 0 spiro atoms. The molecule has 4 nitrogen and oxygen atoms in total. The minimum atomic E-state index is -0.753. The molecule has 2 rings (SSSR count). The minimum Gasteiger partial charge on any atom is -0.481 e. The number of aryl methyl sites for hydroxylation is 1. The molecule has 0 aromatic heterocycles. The van der Waals surface area contributed by atoms with Gasteiger partial charge in [-0.05, 0) is 37.4 Å². The minimum absolute atomic E-state index is 0.0885. The van der Waals surface area contributed by atoms with Crippen molar-refractivity contribution in [3.8, 4) is 0 Å². The van der Waals surface area contributed by atoms with E-state index in [1.165, 1.54) is 5.56 Å². The maximum Gasteiger partial charge on any atom is 0.303 e. The Bertz CT molecular complexity index is 680. The van der Waals surface area contributed by atoms with Crippen LogP contribution in [0.25, 0.3) is 0 Å². The number of rotatable bonds is 10. The van der Waals surface area contributed by atoms with E-state index in [-0.39, 0.29) is 18.2 Å². The van der Waals surface area contributed by atoms with Gasteiger partial charge in [0.1, 0.15) is 0 Å². The lowest BCUT2D eigenvalue weighted by Crippen LogP contribution is -2.30. The maximum atomic E-state index is 12.3. The van der Waals surface area contributed by atoms with Crippen molar-refractivity contribution in [3.63, 3.8) is 0 Å². The van der Waals surface area contributed by atoms with Gasteiger partial charge in [0, 0.05) is 24.4 Å². The van der Waals surface area contributed by atoms with Crippen molar-refractivity contribution in [3.05, 3.63) is 71.3 Å². The van der Waals surface area contributed by atoms with Gasteiger partial charge in [-0.25, -0.2) is 0 Å². The van der Waals surface area contributed by atoms with Gasteiger partial charge in [0.2, 0.25) is 0 Å². The molecule has 0 saturated carbocycles. The van der Waals surface area contributed by atoms with Gasteiger partial charge >= 0.3 is 5.97 Å². The summed E-state index contributed by atoms with van der Waals surface area (Å²) in [4.78, 5) is 22.9. The van der Waals surface area contributed by atoms with Crippen molar-refractivity contribution < 1.29 is 14.7 Å². The maximum absolute atomic E-state index is 12.3. The molecule has 0 radical (unpaired) electrons. The first-order valence-corrected chi connectivity index (χ1v) is 8.63. The highest BCUT2D eigenvalue weighted by Gasteiger charge is 2.14. The molecule has 0 bridgehead atoms. The molecular weight excluding hydrogens is 314 g/mol. The number of nitrogens with one attached hydrogen (secondary N) is 1. The molecule has 0 saturated heterocycles. The zero-order valence-electron chi connectivity index (χ0n) is 14.6. The van der Waals surface area contributed by atoms with Crippen molar-refractivity contribution in [1.29, 1.82) is 0 Å². The second-order valence-corrected chi connectivity index (χ2v) is 6.25. The number of carbonyl (C=O) groups is 2. The average Bonchev–Trinajstić information content (AvgIpc) is 2.63. The Kier molecular flexibility index (Phi) is 7.36. The summed E-state index contributed by atoms with van der Waals surface area (Å²) >= 11 is 0. The van der Waals surface area contributed by atoms with Crippen LogP contribution in [0.4, 0.5) is 0 Å². The number of carbonyl (C=O) groups excluding carboxylic acids is 1. The van der Waals surface area contributed by atoms with Crippen LogP contribution in [0.1, 0.15) is 40.7 Å². The van der Waals surface area contributed by atoms with Crippen LogP contribution in [-0.2, 0) is 17.6 Å². The summed E-state index contributed by atoms with van der Waals surface area (Å²) in [6.07, 6.45) is 2.87. The second kappa shape index (κ2) is 9.74. The highest BCUT2D eigenvalue weighted by molar-refractivity contribution is 5.96. The first kappa shape index (κ1) is 18.9. The van der Waals surface area contributed by atoms with Crippen molar-refractivity contribution in [2.45, 2.75) is 38.1 Å². The van der Waals surface area contributed by atoms with Gasteiger partial charge in [-0.1, -0.05) is 54.6 Å². The number of Topliss-reactive ketones (excluding diaryl/α,β-unsaturated/α-hetero) is 1. The normalized spacial score (nSPS) is 11.9. The van der Waals surface area contributed by atoms with E-state index in [9.17, 15) is 9.59 Å². The predicted molar refractivity (Wildman–Crippen MR) is 99.0 cm³/mol. The molecule has 25 heavy (non-hydrogen) atoms. The van der Waals surface area contributed by atoms with Gasteiger partial charge in [-0.15, -0.1) is 0 Å². The van der Waals surface area contributed by atoms with Crippen molar-refractivity contribution in [2.75, 3.05) is 7.05 Å². The van der Waals surface area contributed by atoms with Gasteiger partial charge in [0.05, 0.1) is 0 Å². The fraction of sp³-hybridized carbons (Fsp3) is 0.333. The number of ketones is 1. The predicted octanol–water partition coefficient (Wildman–Crippen LogP) is 3.50. The van der Waals surface area contributed by atoms with E-state index in [1.807, 2.05) is 49.5 Å². The average molecular weight is 339 g/mol. The van der Waals surface area contributed by atoms with Crippen LogP contribution in [0.2, 0.25) is 0 Å². The molecular formula is C21H25NO3. The smallest absolute Gasteiger partial charge is 0.303 e. The summed E-state index contributed by atoms with van der Waals surface area (Å²) in [6.45, 7) is 0. The Morgan fingerprint density at radius 2 is 1.64 bits per heavy atom. The molecule has 2 N–H and O–H groups in total. The first-order chi connectivity index (χ1) is 12.1. The lowest BCUT2D eigenvalue weighted by Gasteiger charge is -2.16. The molecule has 4 heteroatoms. The molecule has 0 fully saturated rings. The number of benzene rings is 2. The molecule has 0 heterocycles. The Hall–Kier alpha value is -2.46. The monoisotopic (exact) mass is 339 g/mol. The lowest BCUT2D eigenvalue weighted by atomic mass is 9.97. The number of aliphatic carboxylic acids is 1. The first-order valence-electron chi connectivity index (χ1n) is 8.63. The highest BCUT2D eigenvalue weighted by atomic mass is 16.4. The third kappa shape index (κ3) is 6.51. The van der Waals surface area contributed by atoms with E-state index in [1.54, 1.807) is 0 Å². The summed E-state index contributed by atoms with van der Waals surface area (Å²) in [5.41, 5.74) is 3.06. The van der Waals surface area contributed by atoms with Crippen molar-refractivity contribution in [2.24, 2.45) is 0 Å². The topological polar surface area (TPSA) is 66.4 Å². The third-order valence-corrected chi connectivity index (χ3v) is 4.30. The Labute approximate surface area is 148 Å². The van der Waals surface area contributed by atoms with E-state index in [0.29, 0.717) is 12.8 Å². The van der Waals surface area contributed by atoms with Crippen LogP contribution in [0.3, 0.4) is 0 Å². The lowest BCUT2D eigenvalue weighted by molar-refractivity contribution is -0.137. The van der Waals surface area contributed by atoms with Crippen LogP contribution in [0.5, 0.6) is 0 Å². The SMILES string of the molecule is CNC(CC(=O)c1ccccc1)Cc1ccc(CCCC(=O)O)cc1. The molecule has 2 aromatic carbocycles. The number of carboxylic acids is 1. The van der Waals surface area contributed by atoms with Crippen LogP contribution in [0, 0.1) is 0 Å². The van der Waals surface area contributed by atoms with Gasteiger partial charge in [0.25, 0.3) is 0 Å². The Morgan fingerprint density at radius 1 is 1.00 bits per heavy atom. The Balaban J connectivity index is 1.88. The van der Waals surface area contributed by atoms with E-state index in [2.05, 4.69) is 17.4 Å². The van der Waals surface area contributed by atoms with E-state index in [4.69, 9.17) is 5.11 Å². The summed E-state index contributed by atoms with van der Waals surface area (Å²) in [6, 6.07) is 17.7. The fourth-order valence-electron chi connectivity index (χ4n) is 2.81. The van der Waals surface area contributed by atoms with Gasteiger partial charge in [-0.3, -0.25) is 9.59 Å². The molecule has 0 aliphatic carbocycles. The number of carboxylic acid groups (broad SMARTS) is 1. The van der Waals surface area contributed by atoms with Gasteiger partial charge < -0.3 is 10.4 Å². The van der Waals surface area contributed by atoms with E-state index < -0.39 is 5.97 Å². The molecule has 0 amide bonds. The second-order valence-electron chi connectivity index (χ2n) is 6.25. The van der Waals surface area contributed by atoms with Crippen molar-refractivity contribution in [1.82, 2.24) is 5.32 Å². The summed E-state index contributed by atoms with van der Waals surface area (Å²) in [5, 5.41) is 11.9. The molecule has 1 atom stereocenters. The zero-order chi connectivity index (χ0) is 18.1. The van der Waals surface area contributed by atoms with Crippen LogP contribution in [-0.4, -0.2) is 29.9 Å². The van der Waals surface area contributed by atoms with Crippen molar-refractivity contribution >= 4 is 11.8 Å². The largest absolute Gasteiger partial charge is 0.481 e. The van der Waals surface area contributed by atoms with Crippen LogP contribution >= 0.6 is 0 Å². The van der Waals surface area contributed by atoms with Crippen LogP contribution < -0.4 is 5.32 Å². The molecule has 1 unspecified atom stereocenters. The number of hydrogen-bond donors (Lipinski definition) is 2. The molecule has 132 valence electrons. The van der Waals surface area contributed by atoms with Gasteiger partial charge in [0.15, 0.2) is 5.78 Å². The van der Waals surface area contributed by atoms with E-state index >= 15 is 0 Å². The molecule has 0 aliphatic rings. The zero-order valence-corrected chi connectivity index (χ0v) is 14.6. The fourth-order valence-corrected chi connectivity index (χ4v) is 2.81. The Morgan fingerprint density at radius 3 is 2.24 bits per heavy atom. The number of hydrogen-bond acceptors (Lipinski definition) is 3. The quantitative estimate of drug-likeness (QED) is 0.650. The van der Waals surface area contributed by atoms with E-state index in [0.717, 1.165) is 24.0 Å². The summed E-state index contributed by atoms with van der Waals surface area (Å²) < 4.78 is 0. The van der Waals surface area contributed by atoms with Crippen LogP contribution in [0.15, 0.2) is 54.6 Å². The van der Waals surface area contributed by atoms with Gasteiger partial charge in [-0.2, -0.15) is 0 Å². The third-order valence-electron chi connectivity index (χ3n) is 4.30. The number of likely N-dealkylation sites (N-methyl/N-ethyl adjacent to an activating group) is 1. The summed E-state index contributed by atoms with van der Waals surface area (Å²) in [5.74, 6) is -0.609. The summed E-state index contributed by atoms with van der Waals surface area (Å²) in [7, 11) is 1.88. The molecule has 2 aromatic rings. The highest BCUT2D eigenvalue weighted by Crippen LogP contribution is 2.13. The molecule has 0 aliphatic heterocycles. The standard InChI is InChI=1S/C21H25NO3/c1-22-19(15-20(23)18-7-3-2-4-8-18)14-17-12-10-16(11-13-17)6-5-9-21(24)25/h2-4,7-8,10-13,19,22H,5-6,9,14-15H2,1H3,(H,24,25).